The van der Waals surface area contributed by atoms with Gasteiger partial charge in [-0.15, -0.1) is 0 Å². The summed E-state index contributed by atoms with van der Waals surface area (Å²) in [5.41, 5.74) is 1.70. The van der Waals surface area contributed by atoms with E-state index in [0.29, 0.717) is 5.54 Å². The van der Waals surface area contributed by atoms with Crippen molar-refractivity contribution in [1.82, 2.24) is 10.3 Å². The Morgan fingerprint density at radius 2 is 2.13 bits per heavy atom. The van der Waals surface area contributed by atoms with Crippen LogP contribution in [0.2, 0.25) is 0 Å². The smallest absolute Gasteiger partial charge is 0.127 e. The van der Waals surface area contributed by atoms with E-state index in [9.17, 15) is 0 Å². The minimum Gasteiger partial charge on any atom is -0.363 e. The first-order valence-electron chi connectivity index (χ1n) is 5.46. The van der Waals surface area contributed by atoms with Gasteiger partial charge in [-0.1, -0.05) is 6.07 Å². The molecule has 1 aromatic rings. The Hall–Kier alpha value is -1.09. The summed E-state index contributed by atoms with van der Waals surface area (Å²) in [6, 6.07) is 4.26. The molecule has 0 amide bonds. The third-order valence-electron chi connectivity index (χ3n) is 3.19. The minimum absolute atomic E-state index is 0.376. The Balaban J connectivity index is 2.04. The summed E-state index contributed by atoms with van der Waals surface area (Å²) < 4.78 is 0. The molecule has 0 unspecified atom stereocenters. The standard InChI is InChI=1S/C12H19N3/c1-13-12(6-7-12)8-10-4-5-11(14-9-10)15(2)3/h4-5,9,13H,6-8H2,1-3H3. The van der Waals surface area contributed by atoms with Gasteiger partial charge in [0.1, 0.15) is 5.82 Å². The third-order valence-corrected chi connectivity index (χ3v) is 3.19. The fourth-order valence-electron chi connectivity index (χ4n) is 1.84. The van der Waals surface area contributed by atoms with Gasteiger partial charge in [-0.25, -0.2) is 4.98 Å². The number of nitrogens with one attached hydrogen (secondary N) is 1. The lowest BCUT2D eigenvalue weighted by Crippen LogP contribution is -2.29. The van der Waals surface area contributed by atoms with Gasteiger partial charge in [0.2, 0.25) is 0 Å². The van der Waals surface area contributed by atoms with Crippen LogP contribution in [-0.2, 0) is 6.42 Å². The molecule has 15 heavy (non-hydrogen) atoms. The van der Waals surface area contributed by atoms with E-state index in [1.54, 1.807) is 0 Å². The second kappa shape index (κ2) is 3.81. The third kappa shape index (κ3) is 2.29. The first kappa shape index (κ1) is 10.4. The van der Waals surface area contributed by atoms with Crippen LogP contribution in [0.5, 0.6) is 0 Å². The molecule has 0 atom stereocenters. The summed E-state index contributed by atoms with van der Waals surface area (Å²) in [5.74, 6) is 1.02. The number of aromatic nitrogens is 1. The molecule has 1 saturated carbocycles. The lowest BCUT2D eigenvalue weighted by molar-refractivity contribution is 0.548. The van der Waals surface area contributed by atoms with Crippen molar-refractivity contribution in [3.05, 3.63) is 23.9 Å². The molecule has 1 aliphatic carbocycles. The Morgan fingerprint density at radius 3 is 2.53 bits per heavy atom. The summed E-state index contributed by atoms with van der Waals surface area (Å²) >= 11 is 0. The van der Waals surface area contributed by atoms with E-state index in [4.69, 9.17) is 0 Å². The van der Waals surface area contributed by atoms with E-state index in [1.165, 1.54) is 18.4 Å². The molecule has 0 spiro atoms. The molecule has 0 bridgehead atoms. The van der Waals surface area contributed by atoms with Crippen LogP contribution in [0.1, 0.15) is 18.4 Å². The zero-order valence-electron chi connectivity index (χ0n) is 9.75. The molecule has 0 saturated heterocycles. The number of rotatable bonds is 4. The summed E-state index contributed by atoms with van der Waals surface area (Å²) in [5, 5.41) is 3.40. The van der Waals surface area contributed by atoms with Crippen LogP contribution < -0.4 is 10.2 Å². The normalized spacial score (nSPS) is 17.5. The molecular formula is C12H19N3. The van der Waals surface area contributed by atoms with Crippen molar-refractivity contribution in [3.63, 3.8) is 0 Å². The summed E-state index contributed by atoms with van der Waals surface area (Å²) in [7, 11) is 6.07. The summed E-state index contributed by atoms with van der Waals surface area (Å²) in [6.07, 6.45) is 5.68. The van der Waals surface area contributed by atoms with E-state index in [1.807, 2.05) is 25.2 Å². The fraction of sp³-hybridized carbons (Fsp3) is 0.583. The number of pyridine rings is 1. The topological polar surface area (TPSA) is 28.2 Å². The van der Waals surface area contributed by atoms with Crippen LogP contribution in [0.4, 0.5) is 5.82 Å². The average molecular weight is 205 g/mol. The molecule has 1 aliphatic rings. The van der Waals surface area contributed by atoms with Crippen LogP contribution in [0.3, 0.4) is 0 Å². The molecule has 82 valence electrons. The molecular weight excluding hydrogens is 186 g/mol. The highest BCUT2D eigenvalue weighted by molar-refractivity contribution is 5.37. The van der Waals surface area contributed by atoms with Crippen LogP contribution >= 0.6 is 0 Å². The van der Waals surface area contributed by atoms with Gasteiger partial charge in [0.05, 0.1) is 0 Å². The Morgan fingerprint density at radius 1 is 1.40 bits per heavy atom. The first-order chi connectivity index (χ1) is 7.15. The minimum atomic E-state index is 0.376. The van der Waals surface area contributed by atoms with Gasteiger partial charge in [-0.2, -0.15) is 0 Å². The van der Waals surface area contributed by atoms with Crippen molar-refractivity contribution in [2.24, 2.45) is 0 Å². The Labute approximate surface area is 91.5 Å². The number of anilines is 1. The first-order valence-corrected chi connectivity index (χ1v) is 5.46. The maximum Gasteiger partial charge on any atom is 0.127 e. The largest absolute Gasteiger partial charge is 0.363 e. The fourth-order valence-corrected chi connectivity index (χ4v) is 1.84. The van der Waals surface area contributed by atoms with Gasteiger partial charge in [0.15, 0.2) is 0 Å². The number of likely N-dealkylation sites (N-methyl/N-ethyl adjacent to an activating group) is 1. The van der Waals surface area contributed by atoms with E-state index < -0.39 is 0 Å². The molecule has 2 rings (SSSR count). The highest BCUT2D eigenvalue weighted by Crippen LogP contribution is 2.37. The Bertz CT molecular complexity index is 325. The molecule has 0 radical (unpaired) electrons. The maximum absolute atomic E-state index is 4.42. The predicted molar refractivity (Wildman–Crippen MR) is 63.3 cm³/mol. The van der Waals surface area contributed by atoms with Gasteiger partial charge in [-0.05, 0) is 37.9 Å². The van der Waals surface area contributed by atoms with Gasteiger partial charge < -0.3 is 10.2 Å². The van der Waals surface area contributed by atoms with Crippen molar-refractivity contribution in [2.75, 3.05) is 26.0 Å². The molecule has 3 heteroatoms. The second-order valence-electron chi connectivity index (χ2n) is 4.63. The van der Waals surface area contributed by atoms with Crippen LogP contribution in [0, 0.1) is 0 Å². The van der Waals surface area contributed by atoms with E-state index in [2.05, 4.69) is 29.5 Å². The van der Waals surface area contributed by atoms with Gasteiger partial charge in [0.25, 0.3) is 0 Å². The monoisotopic (exact) mass is 205 g/mol. The SMILES string of the molecule is CNC1(Cc2ccc(N(C)C)nc2)CC1. The van der Waals surface area contributed by atoms with Crippen molar-refractivity contribution in [3.8, 4) is 0 Å². The van der Waals surface area contributed by atoms with Crippen molar-refractivity contribution < 1.29 is 0 Å². The highest BCUT2D eigenvalue weighted by atomic mass is 15.1. The molecule has 1 aromatic heterocycles. The van der Waals surface area contributed by atoms with Crippen molar-refractivity contribution in [1.29, 1.82) is 0 Å². The van der Waals surface area contributed by atoms with Crippen molar-refractivity contribution >= 4 is 5.82 Å². The lowest BCUT2D eigenvalue weighted by atomic mass is 10.1. The molecule has 1 N–H and O–H groups in total. The number of hydrogen-bond donors (Lipinski definition) is 1. The van der Waals surface area contributed by atoms with Gasteiger partial charge in [0, 0.05) is 25.8 Å². The summed E-state index contributed by atoms with van der Waals surface area (Å²) in [6.45, 7) is 0. The zero-order chi connectivity index (χ0) is 10.9. The molecule has 3 nitrogen and oxygen atoms in total. The van der Waals surface area contributed by atoms with E-state index in [0.717, 1.165) is 12.2 Å². The second-order valence-corrected chi connectivity index (χ2v) is 4.63. The Kier molecular flexibility index (Phi) is 2.65. The quantitative estimate of drug-likeness (QED) is 0.806. The van der Waals surface area contributed by atoms with E-state index >= 15 is 0 Å². The van der Waals surface area contributed by atoms with E-state index in [-0.39, 0.29) is 0 Å². The van der Waals surface area contributed by atoms with Crippen molar-refractivity contribution in [2.45, 2.75) is 24.8 Å². The maximum atomic E-state index is 4.42. The zero-order valence-corrected chi connectivity index (χ0v) is 9.75. The van der Waals surface area contributed by atoms with Gasteiger partial charge >= 0.3 is 0 Å². The van der Waals surface area contributed by atoms with Crippen LogP contribution in [-0.4, -0.2) is 31.7 Å². The molecule has 1 fully saturated rings. The van der Waals surface area contributed by atoms with Crippen LogP contribution in [0.25, 0.3) is 0 Å². The predicted octanol–water partition coefficient (Wildman–Crippen LogP) is 1.44. The highest BCUT2D eigenvalue weighted by Gasteiger charge is 2.40. The van der Waals surface area contributed by atoms with Crippen LogP contribution in [0.15, 0.2) is 18.3 Å². The number of hydrogen-bond acceptors (Lipinski definition) is 3. The van der Waals surface area contributed by atoms with Gasteiger partial charge in [-0.3, -0.25) is 0 Å². The molecule has 0 aliphatic heterocycles. The molecule has 1 heterocycles. The number of nitrogens with zero attached hydrogens (tertiary/aromatic N) is 2. The lowest BCUT2D eigenvalue weighted by Gasteiger charge is -2.15. The average Bonchev–Trinajstić information content (AvgIpc) is 2.99. The molecule has 0 aromatic carbocycles. The summed E-state index contributed by atoms with van der Waals surface area (Å²) in [4.78, 5) is 6.45.